The van der Waals surface area contributed by atoms with E-state index in [0.29, 0.717) is 35.4 Å². The van der Waals surface area contributed by atoms with Gasteiger partial charge in [0.15, 0.2) is 5.78 Å². The van der Waals surface area contributed by atoms with Crippen LogP contribution in [0, 0.1) is 46.3 Å². The Balaban J connectivity index is 1.55. The van der Waals surface area contributed by atoms with Gasteiger partial charge in [-0.1, -0.05) is 59.5 Å². The number of esters is 1. The number of allylic oxidation sites excluding steroid dienone is 2. The van der Waals surface area contributed by atoms with Crippen molar-refractivity contribution in [2.45, 2.75) is 112 Å². The van der Waals surface area contributed by atoms with Gasteiger partial charge in [0, 0.05) is 12.3 Å². The Hall–Kier alpha value is -1.12. The van der Waals surface area contributed by atoms with E-state index in [1.54, 1.807) is 0 Å². The lowest BCUT2D eigenvalue weighted by molar-refractivity contribution is -0.151. The normalized spacial score (nSPS) is 42.9. The standard InChI is InChI=1S/C29H46O3/c1-7-18(2)8-9-19(3)24-12-13-25-23-11-10-21-16-22(32-20(4)30)14-15-28(21,5)26(23)17-27(31)29(24,25)6/h17-19,21-25H,7-16H2,1-6H3/t18-,19-,21?,22-,23+,24-,25+,28+,29-/m1/s1. The van der Waals surface area contributed by atoms with E-state index in [0.717, 1.165) is 25.2 Å². The minimum absolute atomic E-state index is 0.0644. The van der Waals surface area contributed by atoms with Crippen molar-refractivity contribution in [1.29, 1.82) is 0 Å². The van der Waals surface area contributed by atoms with Gasteiger partial charge in [-0.3, -0.25) is 9.59 Å². The SMILES string of the molecule is CC[C@@H](C)CC[C@@H](C)[C@H]1CC[C@H]2[C@@H]3CCC4C[C@H](OC(C)=O)CC[C@]4(C)C3=CC(=O)[C@]12C. The monoisotopic (exact) mass is 442 g/mol. The highest BCUT2D eigenvalue weighted by Crippen LogP contribution is 2.65. The van der Waals surface area contributed by atoms with Crippen LogP contribution in [0.15, 0.2) is 11.6 Å². The van der Waals surface area contributed by atoms with Crippen LogP contribution in [0.3, 0.4) is 0 Å². The predicted octanol–water partition coefficient (Wildman–Crippen LogP) is 7.14. The number of ether oxygens (including phenoxy) is 1. The van der Waals surface area contributed by atoms with Crippen LogP contribution >= 0.6 is 0 Å². The van der Waals surface area contributed by atoms with Crippen LogP contribution in [0.25, 0.3) is 0 Å². The Morgan fingerprint density at radius 3 is 2.56 bits per heavy atom. The second-order valence-electron chi connectivity index (χ2n) is 12.4. The topological polar surface area (TPSA) is 43.4 Å². The lowest BCUT2D eigenvalue weighted by atomic mass is 9.48. The summed E-state index contributed by atoms with van der Waals surface area (Å²) in [5, 5.41) is 0. The van der Waals surface area contributed by atoms with E-state index in [2.05, 4.69) is 40.7 Å². The van der Waals surface area contributed by atoms with Crippen LogP contribution in [0.1, 0.15) is 106 Å². The van der Waals surface area contributed by atoms with E-state index < -0.39 is 0 Å². The minimum Gasteiger partial charge on any atom is -0.463 e. The first kappa shape index (κ1) is 24.0. The molecule has 4 aliphatic rings. The predicted molar refractivity (Wildman–Crippen MR) is 129 cm³/mol. The molecule has 0 N–H and O–H groups in total. The Labute approximate surface area is 196 Å². The number of carbonyl (C=O) groups is 2. The highest BCUT2D eigenvalue weighted by atomic mass is 16.5. The van der Waals surface area contributed by atoms with Crippen molar-refractivity contribution in [2.24, 2.45) is 46.3 Å². The molecule has 0 saturated heterocycles. The summed E-state index contributed by atoms with van der Waals surface area (Å²) in [6, 6.07) is 0. The van der Waals surface area contributed by atoms with Crippen molar-refractivity contribution < 1.29 is 14.3 Å². The van der Waals surface area contributed by atoms with E-state index in [1.165, 1.54) is 57.4 Å². The highest BCUT2D eigenvalue weighted by Gasteiger charge is 2.61. The molecule has 0 bridgehead atoms. The molecule has 0 amide bonds. The van der Waals surface area contributed by atoms with Gasteiger partial charge in [-0.15, -0.1) is 0 Å². The molecule has 0 aromatic carbocycles. The third-order valence-electron chi connectivity index (χ3n) is 10.8. The average molecular weight is 443 g/mol. The lowest BCUT2D eigenvalue weighted by Crippen LogP contribution is -2.52. The molecule has 4 aliphatic carbocycles. The van der Waals surface area contributed by atoms with Crippen molar-refractivity contribution in [1.82, 2.24) is 0 Å². The van der Waals surface area contributed by atoms with Crippen molar-refractivity contribution in [3.8, 4) is 0 Å². The van der Waals surface area contributed by atoms with Gasteiger partial charge in [-0.2, -0.15) is 0 Å². The van der Waals surface area contributed by atoms with Gasteiger partial charge in [0.05, 0.1) is 0 Å². The second-order valence-corrected chi connectivity index (χ2v) is 12.4. The lowest BCUT2D eigenvalue weighted by Gasteiger charge is -2.56. The van der Waals surface area contributed by atoms with Gasteiger partial charge < -0.3 is 4.74 Å². The van der Waals surface area contributed by atoms with E-state index in [-0.39, 0.29) is 22.9 Å². The molecule has 3 fully saturated rings. The number of hydrogen-bond donors (Lipinski definition) is 0. The van der Waals surface area contributed by atoms with Crippen molar-refractivity contribution >= 4 is 11.8 Å². The first-order chi connectivity index (χ1) is 15.1. The molecule has 4 rings (SSSR count). The number of hydrogen-bond acceptors (Lipinski definition) is 3. The smallest absolute Gasteiger partial charge is 0.302 e. The number of ketones is 1. The summed E-state index contributed by atoms with van der Waals surface area (Å²) in [6.07, 6.45) is 13.8. The Kier molecular flexibility index (Phi) is 6.69. The molecule has 3 saturated carbocycles. The maximum atomic E-state index is 13.8. The third kappa shape index (κ3) is 3.90. The fraction of sp³-hybridized carbons (Fsp3) is 0.862. The molecule has 0 spiro atoms. The average Bonchev–Trinajstić information content (AvgIpc) is 3.11. The summed E-state index contributed by atoms with van der Waals surface area (Å²) in [5.74, 6) is 3.85. The third-order valence-corrected chi connectivity index (χ3v) is 10.8. The zero-order valence-electron chi connectivity index (χ0n) is 21.4. The molecular formula is C29H46O3. The Morgan fingerprint density at radius 1 is 1.12 bits per heavy atom. The molecule has 0 aliphatic heterocycles. The molecule has 180 valence electrons. The molecule has 0 heterocycles. The first-order valence-electron chi connectivity index (χ1n) is 13.5. The molecule has 9 atom stereocenters. The summed E-state index contributed by atoms with van der Waals surface area (Å²) in [7, 11) is 0. The van der Waals surface area contributed by atoms with Crippen LogP contribution in [0.5, 0.6) is 0 Å². The summed E-state index contributed by atoms with van der Waals surface area (Å²) in [6.45, 7) is 13.3. The van der Waals surface area contributed by atoms with Crippen LogP contribution in [0.2, 0.25) is 0 Å². The number of rotatable bonds is 6. The zero-order chi connectivity index (χ0) is 23.3. The summed E-state index contributed by atoms with van der Waals surface area (Å²) >= 11 is 0. The van der Waals surface area contributed by atoms with Crippen LogP contribution in [-0.2, 0) is 14.3 Å². The molecule has 0 aromatic rings. The van der Waals surface area contributed by atoms with Gasteiger partial charge in [0.1, 0.15) is 6.10 Å². The Bertz CT molecular complexity index is 768. The fourth-order valence-electron chi connectivity index (χ4n) is 8.51. The van der Waals surface area contributed by atoms with Gasteiger partial charge in [-0.25, -0.2) is 0 Å². The van der Waals surface area contributed by atoms with Crippen molar-refractivity contribution in [2.75, 3.05) is 0 Å². The molecule has 3 heteroatoms. The molecule has 0 aromatic heterocycles. The highest BCUT2D eigenvalue weighted by molar-refractivity contribution is 5.97. The minimum atomic E-state index is -0.166. The van der Waals surface area contributed by atoms with E-state index in [4.69, 9.17) is 4.74 Å². The molecule has 0 radical (unpaired) electrons. The van der Waals surface area contributed by atoms with Gasteiger partial charge in [0.25, 0.3) is 0 Å². The zero-order valence-corrected chi connectivity index (χ0v) is 21.4. The number of carbonyl (C=O) groups excluding carboxylic acids is 2. The molecular weight excluding hydrogens is 396 g/mol. The van der Waals surface area contributed by atoms with E-state index in [9.17, 15) is 9.59 Å². The van der Waals surface area contributed by atoms with Crippen molar-refractivity contribution in [3.05, 3.63) is 11.6 Å². The van der Waals surface area contributed by atoms with Crippen LogP contribution in [-0.4, -0.2) is 17.9 Å². The molecule has 3 nitrogen and oxygen atoms in total. The Morgan fingerprint density at radius 2 is 1.88 bits per heavy atom. The summed E-state index contributed by atoms with van der Waals surface area (Å²) in [5.41, 5.74) is 1.41. The quantitative estimate of drug-likeness (QED) is 0.411. The fourth-order valence-corrected chi connectivity index (χ4v) is 8.51. The largest absolute Gasteiger partial charge is 0.463 e. The first-order valence-corrected chi connectivity index (χ1v) is 13.5. The van der Waals surface area contributed by atoms with Crippen molar-refractivity contribution in [3.63, 3.8) is 0 Å². The maximum Gasteiger partial charge on any atom is 0.302 e. The van der Waals surface area contributed by atoms with Crippen LogP contribution < -0.4 is 0 Å². The van der Waals surface area contributed by atoms with Gasteiger partial charge in [0.2, 0.25) is 0 Å². The van der Waals surface area contributed by atoms with Gasteiger partial charge in [-0.05, 0) is 91.9 Å². The molecule has 1 unspecified atom stereocenters. The van der Waals surface area contributed by atoms with Gasteiger partial charge >= 0.3 is 5.97 Å². The number of fused-ring (bicyclic) bond motifs is 5. The summed E-state index contributed by atoms with van der Waals surface area (Å²) < 4.78 is 5.59. The summed E-state index contributed by atoms with van der Waals surface area (Å²) in [4.78, 5) is 25.3. The maximum absolute atomic E-state index is 13.8. The van der Waals surface area contributed by atoms with E-state index in [1.807, 2.05) is 0 Å². The van der Waals surface area contributed by atoms with Crippen LogP contribution in [0.4, 0.5) is 0 Å². The van der Waals surface area contributed by atoms with E-state index >= 15 is 0 Å². The molecule has 32 heavy (non-hydrogen) atoms. The second kappa shape index (κ2) is 8.91.